The molecule has 8 heteroatoms. The number of methoxy groups -OCH3 is 1. The van der Waals surface area contributed by atoms with Gasteiger partial charge in [-0.15, -0.1) is 0 Å². The smallest absolute Gasteiger partial charge is 0.416 e. The first-order valence-electron chi connectivity index (χ1n) is 8.40. The van der Waals surface area contributed by atoms with Crippen molar-refractivity contribution in [3.63, 3.8) is 0 Å². The number of hydrogen-bond donors (Lipinski definition) is 1. The van der Waals surface area contributed by atoms with E-state index in [0.29, 0.717) is 22.3 Å². The molecular formula is C21H20F3NO3S. The van der Waals surface area contributed by atoms with E-state index in [-0.39, 0.29) is 16.4 Å². The highest BCUT2D eigenvalue weighted by Crippen LogP contribution is 2.35. The summed E-state index contributed by atoms with van der Waals surface area (Å²) in [4.78, 5) is 17.4. The van der Waals surface area contributed by atoms with Crippen molar-refractivity contribution >= 4 is 33.8 Å². The Balaban J connectivity index is 2.69. The second-order valence-electron chi connectivity index (χ2n) is 5.95. The van der Waals surface area contributed by atoms with Crippen LogP contribution in [0.4, 0.5) is 13.2 Å². The van der Waals surface area contributed by atoms with Gasteiger partial charge >= 0.3 is 6.18 Å². The minimum absolute atomic E-state index is 0.149. The van der Waals surface area contributed by atoms with Crippen molar-refractivity contribution in [2.24, 2.45) is 5.90 Å². The number of nitrogens with two attached hydrogens (primary N) is 1. The van der Waals surface area contributed by atoms with E-state index in [2.05, 4.69) is 0 Å². The van der Waals surface area contributed by atoms with Gasteiger partial charge in [0.25, 0.3) is 0 Å². The van der Waals surface area contributed by atoms with Gasteiger partial charge in [0.1, 0.15) is 0 Å². The number of rotatable bonds is 6. The minimum atomic E-state index is -4.48. The zero-order chi connectivity index (χ0) is 21.6. The summed E-state index contributed by atoms with van der Waals surface area (Å²) in [6, 6.07) is 11.7. The summed E-state index contributed by atoms with van der Waals surface area (Å²) in [6.45, 7) is 1.60. The second kappa shape index (κ2) is 9.67. The van der Waals surface area contributed by atoms with Crippen LogP contribution in [0.3, 0.4) is 0 Å². The molecule has 0 aliphatic heterocycles. The molecule has 0 saturated heterocycles. The molecule has 0 aromatic heterocycles. The molecule has 0 saturated carbocycles. The zero-order valence-electron chi connectivity index (χ0n) is 16.0. The summed E-state index contributed by atoms with van der Waals surface area (Å²) in [5, 5.41) is -0.243. The molecule has 0 heterocycles. The van der Waals surface area contributed by atoms with Crippen molar-refractivity contribution in [2.75, 3.05) is 13.4 Å². The van der Waals surface area contributed by atoms with E-state index in [1.807, 2.05) is 0 Å². The molecule has 154 valence electrons. The summed E-state index contributed by atoms with van der Waals surface area (Å²) in [7, 11) is 1.42. The van der Waals surface area contributed by atoms with E-state index in [1.165, 1.54) is 25.5 Å². The van der Waals surface area contributed by atoms with Gasteiger partial charge in [-0.2, -0.15) is 19.1 Å². The molecule has 0 atom stereocenters. The number of alkyl halides is 3. The van der Waals surface area contributed by atoms with E-state index < -0.39 is 11.7 Å². The molecule has 2 N–H and O–H groups in total. The fourth-order valence-corrected chi connectivity index (χ4v) is 3.16. The van der Waals surface area contributed by atoms with Gasteiger partial charge in [-0.25, -0.2) is 0 Å². The number of allylic oxidation sites excluding steroid dienone is 1. The fourth-order valence-electron chi connectivity index (χ4n) is 2.78. The number of hydrogen-bond acceptors (Lipinski definition) is 5. The van der Waals surface area contributed by atoms with Crippen LogP contribution >= 0.6 is 11.8 Å². The van der Waals surface area contributed by atoms with Crippen molar-refractivity contribution in [3.05, 3.63) is 77.0 Å². The van der Waals surface area contributed by atoms with E-state index in [1.54, 1.807) is 37.4 Å². The van der Waals surface area contributed by atoms with Crippen LogP contribution in [-0.2, 0) is 20.5 Å². The molecule has 0 bridgehead atoms. The van der Waals surface area contributed by atoms with Crippen LogP contribution in [0, 0.1) is 0 Å². The Bertz CT molecular complexity index is 952. The molecule has 29 heavy (non-hydrogen) atoms. The Hall–Kier alpha value is -2.71. The highest BCUT2D eigenvalue weighted by Gasteiger charge is 2.30. The first-order chi connectivity index (χ1) is 13.7. The first-order valence-corrected chi connectivity index (χ1v) is 9.63. The maximum Gasteiger partial charge on any atom is 0.416 e. The molecule has 0 amide bonds. The molecule has 2 aromatic carbocycles. The van der Waals surface area contributed by atoms with Gasteiger partial charge < -0.3 is 9.57 Å². The van der Waals surface area contributed by atoms with Gasteiger partial charge in [0, 0.05) is 16.7 Å². The van der Waals surface area contributed by atoms with E-state index >= 15 is 0 Å². The number of carbonyl (C=O) groups excluding carboxylic acids is 1. The Morgan fingerprint density at radius 3 is 2.31 bits per heavy atom. The highest BCUT2D eigenvalue weighted by atomic mass is 32.2. The molecule has 0 radical (unpaired) electrons. The molecule has 2 rings (SSSR count). The maximum absolute atomic E-state index is 13.1. The van der Waals surface area contributed by atoms with Gasteiger partial charge in [0.05, 0.1) is 24.5 Å². The largest absolute Gasteiger partial charge is 0.504 e. The molecule has 0 aliphatic carbocycles. The average Bonchev–Trinajstić information content (AvgIpc) is 2.72. The lowest BCUT2D eigenvalue weighted by atomic mass is 9.95. The Labute approximate surface area is 171 Å². The number of halogens is 3. The summed E-state index contributed by atoms with van der Waals surface area (Å²) in [5.74, 6) is 5.65. The monoisotopic (exact) mass is 423 g/mol. The lowest BCUT2D eigenvalue weighted by molar-refractivity contribution is -0.137. The molecule has 0 spiro atoms. The van der Waals surface area contributed by atoms with E-state index in [9.17, 15) is 18.0 Å². The first kappa shape index (κ1) is 22.6. The number of benzene rings is 2. The van der Waals surface area contributed by atoms with Gasteiger partial charge in [0.15, 0.2) is 5.76 Å². The molecule has 0 fully saturated rings. The standard InChI is InChI=1S/C21H20F3NO3S/c1-13(14-7-6-8-15(11-14)21(22,23)24)19(28-25)17-10-5-4-9-16(17)18(12-27-2)20(26)29-3/h4-12H,25H2,1-3H3. The topological polar surface area (TPSA) is 61.5 Å². The van der Waals surface area contributed by atoms with Gasteiger partial charge in [-0.1, -0.05) is 48.2 Å². The van der Waals surface area contributed by atoms with Gasteiger partial charge in [-0.05, 0) is 30.9 Å². The summed E-state index contributed by atoms with van der Waals surface area (Å²) in [5.41, 5.74) is 1.12. The number of ether oxygens (including phenoxy) is 1. The third kappa shape index (κ3) is 5.21. The van der Waals surface area contributed by atoms with Crippen molar-refractivity contribution in [1.82, 2.24) is 0 Å². The second-order valence-corrected chi connectivity index (χ2v) is 6.73. The predicted molar refractivity (Wildman–Crippen MR) is 109 cm³/mol. The van der Waals surface area contributed by atoms with Gasteiger partial charge in [-0.3, -0.25) is 4.79 Å². The number of carbonyl (C=O) groups is 1. The predicted octanol–water partition coefficient (Wildman–Crippen LogP) is 5.36. The van der Waals surface area contributed by atoms with Crippen LogP contribution < -0.4 is 5.90 Å². The Kier molecular flexibility index (Phi) is 7.53. The molecule has 0 unspecified atom stereocenters. The molecular weight excluding hydrogens is 403 g/mol. The lowest BCUT2D eigenvalue weighted by Crippen LogP contribution is -2.08. The average molecular weight is 423 g/mol. The van der Waals surface area contributed by atoms with Crippen molar-refractivity contribution in [1.29, 1.82) is 0 Å². The van der Waals surface area contributed by atoms with Crippen molar-refractivity contribution < 1.29 is 27.5 Å². The van der Waals surface area contributed by atoms with Crippen LogP contribution in [0.1, 0.15) is 29.2 Å². The van der Waals surface area contributed by atoms with Crippen LogP contribution in [0.2, 0.25) is 0 Å². The molecule has 4 nitrogen and oxygen atoms in total. The SMILES string of the molecule is COC=C(C(=O)SC)c1ccccc1C(ON)=C(C)c1cccc(C(F)(F)F)c1. The molecule has 0 aliphatic rings. The highest BCUT2D eigenvalue weighted by molar-refractivity contribution is 8.14. The molecule has 2 aromatic rings. The fraction of sp³-hybridized carbons (Fsp3) is 0.190. The van der Waals surface area contributed by atoms with E-state index in [0.717, 1.165) is 23.9 Å². The summed E-state index contributed by atoms with van der Waals surface area (Å²) in [6.07, 6.45) is -1.53. The third-order valence-electron chi connectivity index (χ3n) is 4.18. The Morgan fingerprint density at radius 1 is 1.10 bits per heavy atom. The van der Waals surface area contributed by atoms with Crippen LogP contribution in [0.5, 0.6) is 0 Å². The lowest BCUT2D eigenvalue weighted by Gasteiger charge is -2.16. The summed E-state index contributed by atoms with van der Waals surface area (Å²) >= 11 is 1.00. The van der Waals surface area contributed by atoms with E-state index in [4.69, 9.17) is 15.5 Å². The zero-order valence-corrected chi connectivity index (χ0v) is 16.9. The minimum Gasteiger partial charge on any atom is -0.504 e. The van der Waals surface area contributed by atoms with Gasteiger partial charge in [0.2, 0.25) is 5.12 Å². The van der Waals surface area contributed by atoms with Crippen LogP contribution in [0.25, 0.3) is 16.9 Å². The number of thioether (sulfide) groups is 1. The van der Waals surface area contributed by atoms with Crippen molar-refractivity contribution in [3.8, 4) is 0 Å². The Morgan fingerprint density at radius 2 is 1.76 bits per heavy atom. The summed E-state index contributed by atoms with van der Waals surface area (Å²) < 4.78 is 44.3. The van der Waals surface area contributed by atoms with Crippen LogP contribution in [-0.4, -0.2) is 18.5 Å². The normalized spacial score (nSPS) is 13.0. The quantitative estimate of drug-likeness (QED) is 0.293. The van der Waals surface area contributed by atoms with Crippen molar-refractivity contribution in [2.45, 2.75) is 13.1 Å². The van der Waals surface area contributed by atoms with Crippen LogP contribution in [0.15, 0.2) is 54.8 Å². The maximum atomic E-state index is 13.1. The third-order valence-corrected chi connectivity index (χ3v) is 4.77.